The van der Waals surface area contributed by atoms with Crippen molar-refractivity contribution in [1.29, 1.82) is 0 Å². The van der Waals surface area contributed by atoms with Gasteiger partial charge in [-0.3, -0.25) is 19.3 Å². The van der Waals surface area contributed by atoms with E-state index in [-0.39, 0.29) is 12.3 Å². The molecule has 0 fully saturated rings. The van der Waals surface area contributed by atoms with Gasteiger partial charge in [-0.25, -0.2) is 4.68 Å². The van der Waals surface area contributed by atoms with Crippen molar-refractivity contribution in [3.63, 3.8) is 0 Å². The van der Waals surface area contributed by atoms with Crippen molar-refractivity contribution < 1.29 is 14.6 Å². The highest BCUT2D eigenvalue weighted by Gasteiger charge is 2.20. The molecular formula is C23H24N6O4. The normalized spacial score (nSPS) is 12.5. The number of amides is 1. The van der Waals surface area contributed by atoms with Crippen molar-refractivity contribution in [2.24, 2.45) is 0 Å². The largest absolute Gasteiger partial charge is 0.455 e. The van der Waals surface area contributed by atoms with E-state index in [4.69, 9.17) is 4.74 Å². The van der Waals surface area contributed by atoms with Crippen LogP contribution < -0.4 is 15.6 Å². The predicted octanol–water partition coefficient (Wildman–Crippen LogP) is 2.75. The Morgan fingerprint density at radius 3 is 2.82 bits per heavy atom. The first-order chi connectivity index (χ1) is 15.7. The predicted molar refractivity (Wildman–Crippen MR) is 122 cm³/mol. The number of fused-ring (bicyclic) bond motifs is 1. The van der Waals surface area contributed by atoms with Crippen molar-refractivity contribution in [3.8, 4) is 11.5 Å². The first-order valence-electron chi connectivity index (χ1n) is 10.4. The average Bonchev–Trinajstić information content (AvgIpc) is 3.18. The molecule has 0 aliphatic carbocycles. The molecule has 0 bridgehead atoms. The number of nitrogens with one attached hydrogen (secondary N) is 1. The van der Waals surface area contributed by atoms with Gasteiger partial charge >= 0.3 is 0 Å². The average molecular weight is 448 g/mol. The number of benzene rings is 1. The molecule has 1 aromatic carbocycles. The van der Waals surface area contributed by atoms with Crippen LogP contribution in [0.3, 0.4) is 0 Å². The zero-order valence-corrected chi connectivity index (χ0v) is 18.5. The van der Waals surface area contributed by atoms with Gasteiger partial charge in [0.2, 0.25) is 5.91 Å². The minimum atomic E-state index is -0.940. The molecule has 170 valence electrons. The second kappa shape index (κ2) is 8.83. The molecule has 0 saturated carbocycles. The fraction of sp³-hybridized carbons (Fsp3) is 0.261. The molecule has 1 atom stereocenters. The van der Waals surface area contributed by atoms with Crippen LogP contribution in [0.5, 0.6) is 11.5 Å². The third-order valence-corrected chi connectivity index (χ3v) is 4.86. The summed E-state index contributed by atoms with van der Waals surface area (Å²) in [6, 6.07) is 9.39. The number of pyridine rings is 1. The van der Waals surface area contributed by atoms with Gasteiger partial charge in [0.15, 0.2) is 11.6 Å². The van der Waals surface area contributed by atoms with Crippen LogP contribution in [0.25, 0.3) is 10.8 Å². The summed E-state index contributed by atoms with van der Waals surface area (Å²) in [5, 5.41) is 22.6. The molecule has 0 saturated heterocycles. The summed E-state index contributed by atoms with van der Waals surface area (Å²) in [7, 11) is 0. The first-order valence-corrected chi connectivity index (χ1v) is 10.4. The van der Waals surface area contributed by atoms with Crippen molar-refractivity contribution in [1.82, 2.24) is 24.5 Å². The lowest BCUT2D eigenvalue weighted by atomic mass is 10.1. The highest BCUT2D eigenvalue weighted by atomic mass is 16.5. The molecule has 1 unspecified atom stereocenters. The third kappa shape index (κ3) is 5.24. The summed E-state index contributed by atoms with van der Waals surface area (Å²) in [5.74, 6) is 0.697. The SMILES string of the molecule is CC(C(=O)Nc1ccn(CC(C)(C)O)n1)n1ncc(Oc2cccc3cnccc23)cc1=O. The number of anilines is 1. The molecule has 33 heavy (non-hydrogen) atoms. The van der Waals surface area contributed by atoms with Crippen LogP contribution in [0.15, 0.2) is 66.0 Å². The number of rotatable bonds is 7. The lowest BCUT2D eigenvalue weighted by molar-refractivity contribution is -0.119. The van der Waals surface area contributed by atoms with E-state index in [0.29, 0.717) is 11.6 Å². The van der Waals surface area contributed by atoms with Crippen LogP contribution in [-0.2, 0) is 11.3 Å². The summed E-state index contributed by atoms with van der Waals surface area (Å²) in [4.78, 5) is 29.4. The maximum Gasteiger partial charge on any atom is 0.271 e. The molecule has 3 heterocycles. The monoisotopic (exact) mass is 448 g/mol. The molecule has 4 rings (SSSR count). The minimum Gasteiger partial charge on any atom is -0.455 e. The van der Waals surface area contributed by atoms with E-state index in [0.717, 1.165) is 15.5 Å². The van der Waals surface area contributed by atoms with Gasteiger partial charge < -0.3 is 15.2 Å². The summed E-state index contributed by atoms with van der Waals surface area (Å²) in [6.07, 6.45) is 6.44. The van der Waals surface area contributed by atoms with Crippen LogP contribution in [0, 0.1) is 0 Å². The number of aliphatic hydroxyl groups is 1. The van der Waals surface area contributed by atoms with Crippen LogP contribution in [0.1, 0.15) is 26.8 Å². The zero-order valence-electron chi connectivity index (χ0n) is 18.5. The maximum absolute atomic E-state index is 12.6. The van der Waals surface area contributed by atoms with Gasteiger partial charge in [-0.15, -0.1) is 0 Å². The van der Waals surface area contributed by atoms with Crippen LogP contribution in [-0.4, -0.2) is 41.2 Å². The van der Waals surface area contributed by atoms with E-state index in [1.54, 1.807) is 51.5 Å². The number of ether oxygens (including phenoxy) is 1. The van der Waals surface area contributed by atoms with E-state index < -0.39 is 23.1 Å². The minimum absolute atomic E-state index is 0.263. The summed E-state index contributed by atoms with van der Waals surface area (Å²) >= 11 is 0. The summed E-state index contributed by atoms with van der Waals surface area (Å²) in [5.41, 5.74) is -1.42. The number of carbonyl (C=O) groups is 1. The smallest absolute Gasteiger partial charge is 0.271 e. The molecule has 1 amide bonds. The van der Waals surface area contributed by atoms with Crippen LogP contribution in [0.4, 0.5) is 5.82 Å². The van der Waals surface area contributed by atoms with Gasteiger partial charge in [0, 0.05) is 41.5 Å². The van der Waals surface area contributed by atoms with E-state index in [1.807, 2.05) is 18.2 Å². The highest BCUT2D eigenvalue weighted by molar-refractivity contribution is 5.92. The number of hydrogen-bond acceptors (Lipinski definition) is 7. The summed E-state index contributed by atoms with van der Waals surface area (Å²) < 4.78 is 8.47. The van der Waals surface area contributed by atoms with Crippen LogP contribution >= 0.6 is 0 Å². The summed E-state index contributed by atoms with van der Waals surface area (Å²) in [6.45, 7) is 5.17. The van der Waals surface area contributed by atoms with Gasteiger partial charge in [-0.2, -0.15) is 10.2 Å². The molecule has 10 nitrogen and oxygen atoms in total. The van der Waals surface area contributed by atoms with Crippen molar-refractivity contribution >= 4 is 22.5 Å². The second-order valence-electron chi connectivity index (χ2n) is 8.31. The Bertz CT molecular complexity index is 1350. The molecular weight excluding hydrogens is 424 g/mol. The number of hydrogen-bond donors (Lipinski definition) is 2. The molecule has 10 heteroatoms. The molecule has 0 spiro atoms. The topological polar surface area (TPSA) is 124 Å². The number of nitrogens with zero attached hydrogens (tertiary/aromatic N) is 5. The van der Waals surface area contributed by atoms with Gasteiger partial charge in [-0.1, -0.05) is 12.1 Å². The fourth-order valence-electron chi connectivity index (χ4n) is 3.31. The Labute approximate surface area is 189 Å². The Morgan fingerprint density at radius 1 is 1.24 bits per heavy atom. The van der Waals surface area contributed by atoms with Crippen molar-refractivity contribution in [2.75, 3.05) is 5.32 Å². The Hall–Kier alpha value is -4.05. The van der Waals surface area contributed by atoms with Gasteiger partial charge in [0.1, 0.15) is 11.8 Å². The maximum atomic E-state index is 12.6. The molecule has 0 aliphatic rings. The second-order valence-corrected chi connectivity index (χ2v) is 8.31. The van der Waals surface area contributed by atoms with Gasteiger partial charge in [-0.05, 0) is 32.9 Å². The van der Waals surface area contributed by atoms with Crippen LogP contribution in [0.2, 0.25) is 0 Å². The third-order valence-electron chi connectivity index (χ3n) is 4.86. The van der Waals surface area contributed by atoms with E-state index in [1.165, 1.54) is 16.9 Å². The number of carbonyl (C=O) groups excluding carboxylic acids is 1. The fourth-order valence-corrected chi connectivity index (χ4v) is 3.31. The molecule has 4 aromatic rings. The van der Waals surface area contributed by atoms with Gasteiger partial charge in [0.05, 0.1) is 18.3 Å². The molecule has 3 aromatic heterocycles. The van der Waals surface area contributed by atoms with Gasteiger partial charge in [0.25, 0.3) is 5.56 Å². The quantitative estimate of drug-likeness (QED) is 0.445. The number of aromatic nitrogens is 5. The lowest BCUT2D eigenvalue weighted by Crippen LogP contribution is -2.33. The highest BCUT2D eigenvalue weighted by Crippen LogP contribution is 2.28. The first kappa shape index (κ1) is 22.2. The molecule has 2 N–H and O–H groups in total. The molecule has 0 radical (unpaired) electrons. The lowest BCUT2D eigenvalue weighted by Gasteiger charge is -2.16. The van der Waals surface area contributed by atoms with E-state index in [9.17, 15) is 14.7 Å². The van der Waals surface area contributed by atoms with Crippen molar-refractivity contribution in [3.05, 3.63) is 71.5 Å². The van der Waals surface area contributed by atoms with E-state index in [2.05, 4.69) is 20.5 Å². The zero-order chi connectivity index (χ0) is 23.6. The standard InChI is InChI=1S/C23H24N6O4/c1-15(22(31)26-20-8-10-28(27-20)14-23(2,3)32)29-21(30)11-17(13-25-29)33-19-6-4-5-16-12-24-9-7-18(16)19/h4-13,15,32H,14H2,1-3H3,(H,26,27,31). The van der Waals surface area contributed by atoms with Crippen molar-refractivity contribution in [2.45, 2.75) is 39.0 Å². The van der Waals surface area contributed by atoms with E-state index >= 15 is 0 Å². The molecule has 0 aliphatic heterocycles. The Balaban J connectivity index is 1.47. The Morgan fingerprint density at radius 2 is 2.06 bits per heavy atom. The Kier molecular flexibility index (Phi) is 5.93.